The third-order valence-electron chi connectivity index (χ3n) is 21.8. The van der Waals surface area contributed by atoms with Crippen LogP contribution in [0.15, 0.2) is 247 Å². The van der Waals surface area contributed by atoms with Crippen LogP contribution in [0.2, 0.25) is 0 Å². The van der Waals surface area contributed by atoms with E-state index in [-0.39, 0.29) is 58.6 Å². The van der Waals surface area contributed by atoms with Crippen molar-refractivity contribution in [3.05, 3.63) is 247 Å². The third-order valence-corrected chi connectivity index (χ3v) is 21.8. The molecule has 4 aliphatic carbocycles. The van der Waals surface area contributed by atoms with E-state index in [1.165, 1.54) is 107 Å². The molecule has 0 saturated heterocycles. The minimum Gasteiger partial charge on any atom is -0.353 e. The van der Waals surface area contributed by atoms with Gasteiger partial charge in [0.2, 0.25) is 23.6 Å². The van der Waals surface area contributed by atoms with Crippen molar-refractivity contribution in [3.63, 3.8) is 0 Å². The van der Waals surface area contributed by atoms with E-state index in [1.807, 2.05) is 113 Å². The van der Waals surface area contributed by atoms with Gasteiger partial charge in [-0.2, -0.15) is 26.2 Å². The number of amides is 7. The summed E-state index contributed by atoms with van der Waals surface area (Å²) in [5.41, 5.74) is 24.3. The van der Waals surface area contributed by atoms with Crippen LogP contribution in [-0.4, -0.2) is 86.1 Å². The zero-order valence-electron chi connectivity index (χ0n) is 77.7. The Morgan fingerprint density at radius 1 is 0.392 bits per heavy atom. The van der Waals surface area contributed by atoms with Gasteiger partial charge in [-0.1, -0.05) is 243 Å². The van der Waals surface area contributed by atoms with E-state index >= 15 is 0 Å². The van der Waals surface area contributed by atoms with Gasteiger partial charge in [-0.05, 0) is 290 Å². The van der Waals surface area contributed by atoms with E-state index in [4.69, 9.17) is 9.88 Å². The Morgan fingerprint density at radius 2 is 0.768 bits per heavy atom. The topological polar surface area (TPSA) is 322 Å². The lowest BCUT2D eigenvalue weighted by atomic mass is 9.72. The van der Waals surface area contributed by atoms with Gasteiger partial charge < -0.3 is 21.3 Å². The van der Waals surface area contributed by atoms with Gasteiger partial charge in [0, 0.05) is 43.8 Å². The first-order chi connectivity index (χ1) is 59.3. The molecular formula is C99H141N7O19. The smallest absolute Gasteiger partial charge is 0.293 e. The predicted molar refractivity (Wildman–Crippen MR) is 487 cm³/mol. The maximum Gasteiger partial charge on any atom is 0.293 e. The summed E-state index contributed by atoms with van der Waals surface area (Å²) >= 11 is 0. The van der Waals surface area contributed by atoms with Crippen LogP contribution in [0.4, 0.5) is 0 Å². The first kappa shape index (κ1) is 107. The summed E-state index contributed by atoms with van der Waals surface area (Å²) in [6.07, 6.45) is 63.0. The van der Waals surface area contributed by atoms with Gasteiger partial charge in [0.05, 0.1) is 6.61 Å². The first-order valence-electron chi connectivity index (χ1n) is 43.4. The highest BCUT2D eigenvalue weighted by atomic mass is 17.8. The molecule has 1 unspecified atom stereocenters. The summed E-state index contributed by atoms with van der Waals surface area (Å²) in [5.74, 6) is -5.10. The van der Waals surface area contributed by atoms with E-state index in [1.54, 1.807) is 31.5 Å². The van der Waals surface area contributed by atoms with Gasteiger partial charge in [0.1, 0.15) is 18.3 Å². The summed E-state index contributed by atoms with van der Waals surface area (Å²) in [6.45, 7) is 41.0. The molecule has 7 N–H and O–H groups in total. The van der Waals surface area contributed by atoms with Crippen LogP contribution in [0, 0.1) is 21.7 Å². The molecule has 0 aromatic carbocycles. The van der Waals surface area contributed by atoms with E-state index < -0.39 is 61.2 Å². The Balaban J connectivity index is 1.19. The largest absolute Gasteiger partial charge is 0.353 e. The van der Waals surface area contributed by atoms with E-state index in [0.29, 0.717) is 49.8 Å². The molecule has 0 aromatic rings. The number of Topliss-reactive ketones (excluding diaryl/α,β-unsaturated/α-hetero) is 1. The second kappa shape index (κ2) is 57.6. The summed E-state index contributed by atoms with van der Waals surface area (Å²) in [5, 5.41) is 32.7. The molecule has 0 spiro atoms. The Labute approximate surface area is 742 Å². The minimum absolute atomic E-state index is 0.107. The third kappa shape index (κ3) is 45.2. The number of hydrogen-bond acceptors (Lipinski definition) is 19. The average molecular weight is 1730 g/mol. The van der Waals surface area contributed by atoms with Gasteiger partial charge in [-0.15, -0.1) is 0 Å². The number of unbranched alkanes of at least 4 members (excludes halogenated alkanes) is 3. The van der Waals surface area contributed by atoms with Crippen LogP contribution in [0.5, 0.6) is 0 Å². The number of allylic oxidation sites excluding steroid dienone is 37. The average Bonchev–Trinajstić information content (AvgIpc) is 0.835. The molecule has 4 rings (SSSR count). The van der Waals surface area contributed by atoms with E-state index in [2.05, 4.69) is 198 Å². The van der Waals surface area contributed by atoms with Crippen LogP contribution < -0.4 is 37.7 Å². The van der Waals surface area contributed by atoms with Gasteiger partial charge in [-0.25, -0.2) is 4.89 Å². The van der Waals surface area contributed by atoms with Gasteiger partial charge in [0.15, 0.2) is 12.4 Å². The van der Waals surface area contributed by atoms with Crippen molar-refractivity contribution in [2.75, 3.05) is 32.9 Å². The summed E-state index contributed by atoms with van der Waals surface area (Å²) in [7, 11) is 0. The lowest BCUT2D eigenvalue weighted by molar-refractivity contribution is -0.705. The van der Waals surface area contributed by atoms with Crippen LogP contribution in [0.3, 0.4) is 0 Å². The number of carbonyl (C=O) groups excluding carboxylic acids is 8. The van der Waals surface area contributed by atoms with E-state index in [9.17, 15) is 38.4 Å². The minimum atomic E-state index is -1.16. The van der Waals surface area contributed by atoms with Crippen LogP contribution in [-0.2, 0) is 93.2 Å². The van der Waals surface area contributed by atoms with Crippen molar-refractivity contribution in [2.24, 2.45) is 21.7 Å². The highest BCUT2D eigenvalue weighted by Crippen LogP contribution is 2.44. The monoisotopic (exact) mass is 1730 g/mol. The fourth-order valence-corrected chi connectivity index (χ4v) is 14.8. The molecule has 1 atom stereocenters. The quantitative estimate of drug-likeness (QED) is 0.00978. The number of carbonyl (C=O) groups is 8. The molecule has 4 aliphatic rings. The molecule has 0 aliphatic heterocycles. The molecular weight excluding hydrogens is 1590 g/mol. The predicted octanol–water partition coefficient (Wildman–Crippen LogP) is 19.7. The van der Waals surface area contributed by atoms with Crippen molar-refractivity contribution in [1.29, 1.82) is 0 Å². The van der Waals surface area contributed by atoms with E-state index in [0.717, 1.165) is 78.4 Å². The first-order valence-corrected chi connectivity index (χ1v) is 43.4. The number of hydrogen-bond donors (Lipinski definition) is 7. The molecule has 0 bridgehead atoms. The number of nitrogens with one attached hydrogen (secondary N) is 7. The molecule has 0 saturated carbocycles. The summed E-state index contributed by atoms with van der Waals surface area (Å²) < 4.78 is 0. The standard InChI is InChI=1S/C99H141N7O19/c1-70(48-52-83-78(9)42-30-57-96(83,13)14)34-26-38-74(5)64-89(108)100-61-24-21-22-46-87(102-91(110)66-76(7)40-28-36-72(3)50-54-85-80(11)44-32-59-98(85,17)18)94(113)105-119-121-115-63-56-82(107)68-116-122-125-123-117-69-93(112)104-118-124-120-106-95(114)88(103-92(111)67-77(8)41-29-37-73(4)51-55-86-81(12)45-33-60-99(86,19)20)47-23-25-62-101-90(109)65-75(6)39-27-35-71(2)49-53-84-79(10)43-31-58-97(84,15)16/h26-29,34-41,46,48-55,64-67,88H,21-25,30-33,42-45,47,56-63,68-69H2,1-20H3,(H,100,108)(H,101,109)(H,102,110)(H,103,111)(H,104,112)(H,105,113)(H,106,114)/b38-26?,39-27?,40-28+,41-29?,52-48?,53-49?,54-50+,55-51?,70-34?,71-35?,72-36+,73-37?,74-64?,75-65?,76-66+,77-67?,87-46-. The van der Waals surface area contributed by atoms with Gasteiger partial charge in [0.25, 0.3) is 17.7 Å². The molecule has 0 fully saturated rings. The fraction of sp³-hybridized carbons (Fsp3) is 0.495. The summed E-state index contributed by atoms with van der Waals surface area (Å²) in [4.78, 5) is 131. The van der Waals surface area contributed by atoms with Gasteiger partial charge in [-0.3, -0.25) is 38.4 Å². The molecule has 26 nitrogen and oxygen atoms in total. The molecule has 0 radical (unpaired) electrons. The molecule has 0 aromatic heterocycles. The Hall–Kier alpha value is -9.94. The SMILES string of the molecule is CC(C=CC1=C(C)CCCC1(C)C)=CC=CC(C)=CC(=O)NCCCC/C=C(\NC(=O)/C=C(C)/C=C/C=C(C)/C=C/C1=C(C)CCCC1(C)C)C(=O)NOOOCCC(=O)COOOOOCC(=O)NOOONC(=O)C(CCCCNC(=O)C=C(C)C=CC=C(C)C=CC1=C(C)CCCC1(C)C)NC(=O)C=C(C)C=CC=C(C)C=CC1=C(C)CCCC1(C)C. The van der Waals surface area contributed by atoms with Crippen molar-refractivity contribution in [2.45, 2.75) is 267 Å². The lowest BCUT2D eigenvalue weighted by Gasteiger charge is -2.33. The number of hydroxylamine groups is 3. The Kier molecular flexibility index (Phi) is 49.5. The van der Waals surface area contributed by atoms with Crippen molar-refractivity contribution >= 4 is 47.1 Å². The van der Waals surface area contributed by atoms with Gasteiger partial charge >= 0.3 is 0 Å². The van der Waals surface area contributed by atoms with Crippen LogP contribution in [0.1, 0.15) is 260 Å². The van der Waals surface area contributed by atoms with Crippen LogP contribution >= 0.6 is 0 Å². The number of rotatable bonds is 52. The molecule has 125 heavy (non-hydrogen) atoms. The molecule has 7 amide bonds. The molecule has 0 heterocycles. The zero-order valence-corrected chi connectivity index (χ0v) is 77.7. The Morgan fingerprint density at radius 3 is 1.18 bits per heavy atom. The molecule has 26 heteroatoms. The number of ketones is 1. The maximum absolute atomic E-state index is 13.4. The molecule has 686 valence electrons. The summed E-state index contributed by atoms with van der Waals surface area (Å²) in [6, 6.07) is -1.16. The van der Waals surface area contributed by atoms with Crippen molar-refractivity contribution in [3.8, 4) is 0 Å². The van der Waals surface area contributed by atoms with Crippen LogP contribution in [0.25, 0.3) is 0 Å². The maximum atomic E-state index is 13.4. The zero-order chi connectivity index (χ0) is 92.4. The Bertz CT molecular complexity index is 4370. The fourth-order valence-electron chi connectivity index (χ4n) is 14.8. The lowest BCUT2D eigenvalue weighted by Crippen LogP contribution is -2.46. The normalized spacial score (nSPS) is 18.3. The second-order valence-electron chi connectivity index (χ2n) is 35.1. The van der Waals surface area contributed by atoms with Crippen molar-refractivity contribution in [1.82, 2.24) is 37.7 Å². The highest BCUT2D eigenvalue weighted by molar-refractivity contribution is 6.00. The second-order valence-corrected chi connectivity index (χ2v) is 35.1. The highest BCUT2D eigenvalue weighted by Gasteiger charge is 2.31. The van der Waals surface area contributed by atoms with Crippen molar-refractivity contribution < 1.29 is 93.2 Å².